The van der Waals surface area contributed by atoms with Gasteiger partial charge in [0.1, 0.15) is 0 Å². The van der Waals surface area contributed by atoms with Crippen LogP contribution < -0.4 is 0 Å². The molecule has 1 N–H and O–H groups in total. The molecule has 18 heavy (non-hydrogen) atoms. The number of carbonyl (C=O) groups is 1. The molecule has 0 radical (unpaired) electrons. The molecular formula is C15H21NO2. The average molecular weight is 247 g/mol. The Balaban J connectivity index is 2.02. The van der Waals surface area contributed by atoms with E-state index in [2.05, 4.69) is 4.98 Å². The largest absolute Gasteiger partial charge is 0.481 e. The summed E-state index contributed by atoms with van der Waals surface area (Å²) in [6.45, 7) is 0. The van der Waals surface area contributed by atoms with Gasteiger partial charge in [-0.3, -0.25) is 9.78 Å². The van der Waals surface area contributed by atoms with Crippen LogP contribution in [0.1, 0.15) is 56.4 Å². The molecule has 3 nitrogen and oxygen atoms in total. The van der Waals surface area contributed by atoms with Crippen molar-refractivity contribution < 1.29 is 9.90 Å². The van der Waals surface area contributed by atoms with E-state index in [1.54, 1.807) is 6.20 Å². The van der Waals surface area contributed by atoms with E-state index in [0.717, 1.165) is 12.0 Å². The monoisotopic (exact) mass is 247 g/mol. The molecule has 0 aliphatic heterocycles. The number of carboxylic acid groups (broad SMARTS) is 1. The van der Waals surface area contributed by atoms with Crippen molar-refractivity contribution in [1.82, 2.24) is 4.98 Å². The van der Waals surface area contributed by atoms with Gasteiger partial charge in [-0.15, -0.1) is 0 Å². The third-order valence-electron chi connectivity index (χ3n) is 3.92. The minimum absolute atomic E-state index is 0.124. The highest BCUT2D eigenvalue weighted by Gasteiger charge is 2.22. The molecule has 0 aromatic carbocycles. The van der Waals surface area contributed by atoms with E-state index in [0.29, 0.717) is 5.92 Å². The molecule has 1 fully saturated rings. The van der Waals surface area contributed by atoms with Crippen LogP contribution >= 0.6 is 0 Å². The Morgan fingerprint density at radius 1 is 1.39 bits per heavy atom. The number of pyridine rings is 1. The number of hydrogen-bond acceptors (Lipinski definition) is 2. The van der Waals surface area contributed by atoms with Crippen LogP contribution in [-0.2, 0) is 4.79 Å². The quantitative estimate of drug-likeness (QED) is 0.864. The van der Waals surface area contributed by atoms with Crippen molar-refractivity contribution in [2.45, 2.75) is 50.9 Å². The van der Waals surface area contributed by atoms with Crippen LogP contribution in [0.3, 0.4) is 0 Å². The summed E-state index contributed by atoms with van der Waals surface area (Å²) in [4.78, 5) is 15.1. The van der Waals surface area contributed by atoms with Gasteiger partial charge in [-0.05, 0) is 29.9 Å². The molecule has 3 heteroatoms. The van der Waals surface area contributed by atoms with Crippen molar-refractivity contribution in [2.24, 2.45) is 5.92 Å². The summed E-state index contributed by atoms with van der Waals surface area (Å²) in [5.74, 6) is 0.113. The molecule has 1 aliphatic rings. The van der Waals surface area contributed by atoms with Gasteiger partial charge in [-0.2, -0.15) is 0 Å². The molecule has 1 aliphatic carbocycles. The van der Waals surface area contributed by atoms with Gasteiger partial charge in [-0.25, -0.2) is 0 Å². The van der Waals surface area contributed by atoms with Crippen molar-refractivity contribution >= 4 is 5.97 Å². The molecule has 1 heterocycles. The first-order valence-corrected chi connectivity index (χ1v) is 6.87. The lowest BCUT2D eigenvalue weighted by atomic mass is 9.80. The molecule has 0 saturated heterocycles. The number of nitrogens with zero attached hydrogens (tertiary/aromatic N) is 1. The number of aliphatic carboxylic acids is 1. The van der Waals surface area contributed by atoms with Gasteiger partial charge in [-0.1, -0.05) is 38.2 Å². The average Bonchev–Trinajstić information content (AvgIpc) is 2.40. The second-order valence-electron chi connectivity index (χ2n) is 5.32. The summed E-state index contributed by atoms with van der Waals surface area (Å²) in [6.07, 6.45) is 11.2. The van der Waals surface area contributed by atoms with Crippen molar-refractivity contribution in [3.8, 4) is 0 Å². The SMILES string of the molecule is O=C(O)CC(CC1CCCCC1)c1cccnc1. The van der Waals surface area contributed by atoms with Gasteiger partial charge < -0.3 is 5.11 Å². The van der Waals surface area contributed by atoms with Crippen LogP contribution in [0.4, 0.5) is 0 Å². The number of hydrogen-bond donors (Lipinski definition) is 1. The lowest BCUT2D eigenvalue weighted by molar-refractivity contribution is -0.137. The first kappa shape index (κ1) is 13.1. The van der Waals surface area contributed by atoms with Gasteiger partial charge in [0, 0.05) is 12.4 Å². The fourth-order valence-corrected chi connectivity index (χ4v) is 2.99. The number of aromatic nitrogens is 1. The Kier molecular flexibility index (Phi) is 4.73. The highest BCUT2D eigenvalue weighted by atomic mass is 16.4. The van der Waals surface area contributed by atoms with E-state index in [9.17, 15) is 4.79 Å². The van der Waals surface area contributed by atoms with Crippen molar-refractivity contribution in [3.63, 3.8) is 0 Å². The zero-order valence-corrected chi connectivity index (χ0v) is 10.7. The number of carboxylic acids is 1. The topological polar surface area (TPSA) is 50.2 Å². The summed E-state index contributed by atoms with van der Waals surface area (Å²) in [5.41, 5.74) is 1.07. The van der Waals surface area contributed by atoms with Gasteiger partial charge in [0.25, 0.3) is 0 Å². The summed E-state index contributed by atoms with van der Waals surface area (Å²) in [6, 6.07) is 3.90. The van der Waals surface area contributed by atoms with E-state index in [1.165, 1.54) is 32.1 Å². The highest BCUT2D eigenvalue weighted by Crippen LogP contribution is 2.34. The Bertz CT molecular complexity index is 371. The van der Waals surface area contributed by atoms with Crippen molar-refractivity contribution in [3.05, 3.63) is 30.1 Å². The molecular weight excluding hydrogens is 226 g/mol. The Labute approximate surface area is 108 Å². The van der Waals surface area contributed by atoms with Gasteiger partial charge >= 0.3 is 5.97 Å². The van der Waals surface area contributed by atoms with E-state index in [1.807, 2.05) is 18.3 Å². The third kappa shape index (κ3) is 3.83. The standard InChI is InChI=1S/C15H21NO2/c17-15(18)10-14(13-7-4-8-16-11-13)9-12-5-2-1-3-6-12/h4,7-8,11-12,14H,1-3,5-6,9-10H2,(H,17,18). The predicted octanol–water partition coefficient (Wildman–Crippen LogP) is 3.61. The smallest absolute Gasteiger partial charge is 0.303 e. The van der Waals surface area contributed by atoms with Crippen LogP contribution in [0.15, 0.2) is 24.5 Å². The Morgan fingerprint density at radius 2 is 2.17 bits per heavy atom. The molecule has 0 bridgehead atoms. The zero-order valence-electron chi connectivity index (χ0n) is 10.7. The maximum atomic E-state index is 11.0. The fourth-order valence-electron chi connectivity index (χ4n) is 2.99. The predicted molar refractivity (Wildman–Crippen MR) is 70.4 cm³/mol. The Hall–Kier alpha value is -1.38. The highest BCUT2D eigenvalue weighted by molar-refractivity contribution is 5.68. The second-order valence-corrected chi connectivity index (χ2v) is 5.32. The Morgan fingerprint density at radius 3 is 2.78 bits per heavy atom. The molecule has 0 amide bonds. The van der Waals surface area contributed by atoms with Crippen LogP contribution in [0, 0.1) is 5.92 Å². The normalized spacial score (nSPS) is 18.4. The minimum Gasteiger partial charge on any atom is -0.481 e. The van der Waals surface area contributed by atoms with Crippen LogP contribution in [-0.4, -0.2) is 16.1 Å². The lowest BCUT2D eigenvalue weighted by Gasteiger charge is -2.25. The van der Waals surface area contributed by atoms with Crippen molar-refractivity contribution in [1.29, 1.82) is 0 Å². The van der Waals surface area contributed by atoms with Crippen LogP contribution in [0.2, 0.25) is 0 Å². The summed E-state index contributed by atoms with van der Waals surface area (Å²) >= 11 is 0. The zero-order chi connectivity index (χ0) is 12.8. The molecule has 1 aromatic heterocycles. The van der Waals surface area contributed by atoms with Gasteiger partial charge in [0.2, 0.25) is 0 Å². The number of rotatable bonds is 5. The summed E-state index contributed by atoms with van der Waals surface area (Å²) in [5, 5.41) is 9.05. The van der Waals surface area contributed by atoms with Crippen molar-refractivity contribution in [2.75, 3.05) is 0 Å². The molecule has 1 aromatic rings. The van der Waals surface area contributed by atoms with E-state index in [-0.39, 0.29) is 12.3 Å². The van der Waals surface area contributed by atoms with E-state index in [4.69, 9.17) is 5.11 Å². The fraction of sp³-hybridized carbons (Fsp3) is 0.600. The molecule has 1 atom stereocenters. The minimum atomic E-state index is -0.709. The van der Waals surface area contributed by atoms with Crippen LogP contribution in [0.5, 0.6) is 0 Å². The molecule has 98 valence electrons. The first-order valence-electron chi connectivity index (χ1n) is 6.87. The lowest BCUT2D eigenvalue weighted by Crippen LogP contribution is -2.14. The second kappa shape index (κ2) is 6.53. The molecule has 0 spiro atoms. The molecule has 1 unspecified atom stereocenters. The molecule has 1 saturated carbocycles. The third-order valence-corrected chi connectivity index (χ3v) is 3.92. The molecule has 2 rings (SSSR count). The van der Waals surface area contributed by atoms with Gasteiger partial charge in [0.15, 0.2) is 0 Å². The van der Waals surface area contributed by atoms with Gasteiger partial charge in [0.05, 0.1) is 6.42 Å². The maximum absolute atomic E-state index is 11.0. The van der Waals surface area contributed by atoms with Crippen LogP contribution in [0.25, 0.3) is 0 Å². The van der Waals surface area contributed by atoms with E-state index < -0.39 is 5.97 Å². The first-order chi connectivity index (χ1) is 8.75. The van der Waals surface area contributed by atoms with E-state index >= 15 is 0 Å². The summed E-state index contributed by atoms with van der Waals surface area (Å²) < 4.78 is 0. The maximum Gasteiger partial charge on any atom is 0.303 e. The summed E-state index contributed by atoms with van der Waals surface area (Å²) in [7, 11) is 0.